The van der Waals surface area contributed by atoms with E-state index >= 15 is 0 Å². The molecule has 1 aromatic heterocycles. The number of primary amides is 1. The van der Waals surface area contributed by atoms with Gasteiger partial charge in [0.05, 0.1) is 23.9 Å². The number of nitrogens with zero attached hydrogens (tertiary/aromatic N) is 1. The molecular formula is C25H21N3O5. The van der Waals surface area contributed by atoms with Crippen LogP contribution in [0.1, 0.15) is 17.3 Å². The quantitative estimate of drug-likeness (QED) is 0.453. The van der Waals surface area contributed by atoms with Crippen LogP contribution in [0.2, 0.25) is 0 Å². The van der Waals surface area contributed by atoms with Crippen LogP contribution in [0.15, 0.2) is 66.7 Å². The smallest absolute Gasteiger partial charge is 0.339 e. The molecule has 3 amide bonds. The molecule has 0 saturated heterocycles. The number of carbonyl (C=O) groups excluding carboxylic acids is 3. The lowest BCUT2D eigenvalue weighted by Gasteiger charge is -2.14. The van der Waals surface area contributed by atoms with Gasteiger partial charge in [0.2, 0.25) is 0 Å². The number of pyridine rings is 1. The molecule has 0 unspecified atom stereocenters. The molecule has 1 heterocycles. The van der Waals surface area contributed by atoms with Crippen molar-refractivity contribution in [1.82, 2.24) is 10.3 Å². The third-order valence-corrected chi connectivity index (χ3v) is 5.18. The number of benzene rings is 3. The van der Waals surface area contributed by atoms with Gasteiger partial charge in [-0.2, -0.15) is 0 Å². The molecular weight excluding hydrogens is 422 g/mol. The fourth-order valence-corrected chi connectivity index (χ4v) is 3.50. The zero-order valence-corrected chi connectivity index (χ0v) is 18.0. The summed E-state index contributed by atoms with van der Waals surface area (Å²) < 4.78 is 10.6. The second-order valence-electron chi connectivity index (χ2n) is 7.40. The van der Waals surface area contributed by atoms with Crippen molar-refractivity contribution in [3.8, 4) is 17.0 Å². The summed E-state index contributed by atoms with van der Waals surface area (Å²) in [5, 5.41) is 4.48. The van der Waals surface area contributed by atoms with E-state index in [1.807, 2.05) is 47.8 Å². The van der Waals surface area contributed by atoms with Crippen molar-refractivity contribution in [2.45, 2.75) is 13.0 Å². The highest BCUT2D eigenvalue weighted by Crippen LogP contribution is 2.29. The van der Waals surface area contributed by atoms with E-state index in [2.05, 4.69) is 0 Å². The summed E-state index contributed by atoms with van der Waals surface area (Å²) in [6, 6.07) is 19.4. The van der Waals surface area contributed by atoms with E-state index in [-0.39, 0.29) is 5.56 Å². The first-order valence-corrected chi connectivity index (χ1v) is 10.1. The largest absolute Gasteiger partial charge is 0.497 e. The highest BCUT2D eigenvalue weighted by atomic mass is 16.5. The van der Waals surface area contributed by atoms with E-state index in [9.17, 15) is 14.4 Å². The Morgan fingerprint density at radius 1 is 0.970 bits per heavy atom. The van der Waals surface area contributed by atoms with Gasteiger partial charge in [0.25, 0.3) is 5.91 Å². The summed E-state index contributed by atoms with van der Waals surface area (Å²) in [5.74, 6) is -0.759. The number of para-hydroxylation sites is 1. The predicted octanol–water partition coefficient (Wildman–Crippen LogP) is 3.80. The molecule has 8 nitrogen and oxygen atoms in total. The van der Waals surface area contributed by atoms with Crippen LogP contribution in [0.4, 0.5) is 4.79 Å². The number of esters is 1. The maximum Gasteiger partial charge on any atom is 0.339 e. The van der Waals surface area contributed by atoms with E-state index in [1.165, 1.54) is 6.92 Å². The van der Waals surface area contributed by atoms with Crippen molar-refractivity contribution < 1.29 is 23.9 Å². The first-order valence-electron chi connectivity index (χ1n) is 10.1. The third-order valence-electron chi connectivity index (χ3n) is 5.18. The Labute approximate surface area is 189 Å². The zero-order valence-electron chi connectivity index (χ0n) is 18.0. The molecule has 0 bridgehead atoms. The number of imide groups is 1. The third kappa shape index (κ3) is 4.59. The maximum absolute atomic E-state index is 13.0. The SMILES string of the molecule is COc1ccc2cc(-c3cc(C(=O)O[C@H](C)C(=O)NC(N)=O)c4ccccc4n3)ccc2c1. The van der Waals surface area contributed by atoms with Crippen LogP contribution in [0.25, 0.3) is 32.9 Å². The van der Waals surface area contributed by atoms with Crippen LogP contribution in [0, 0.1) is 0 Å². The Bertz CT molecular complexity index is 1400. The molecule has 0 fully saturated rings. The lowest BCUT2D eigenvalue weighted by atomic mass is 10.0. The molecule has 8 heteroatoms. The highest BCUT2D eigenvalue weighted by molar-refractivity contribution is 6.06. The number of ether oxygens (including phenoxy) is 2. The number of amides is 3. The summed E-state index contributed by atoms with van der Waals surface area (Å²) >= 11 is 0. The Morgan fingerprint density at radius 3 is 2.45 bits per heavy atom. The van der Waals surface area contributed by atoms with Gasteiger partial charge in [0, 0.05) is 10.9 Å². The van der Waals surface area contributed by atoms with Crippen molar-refractivity contribution in [1.29, 1.82) is 0 Å². The molecule has 3 N–H and O–H groups in total. The molecule has 0 aliphatic heterocycles. The first kappa shape index (κ1) is 21.8. The number of carbonyl (C=O) groups is 3. The summed E-state index contributed by atoms with van der Waals surface area (Å²) in [6.07, 6.45) is -1.21. The number of rotatable bonds is 5. The minimum Gasteiger partial charge on any atom is -0.497 e. The average Bonchev–Trinajstić information content (AvgIpc) is 2.82. The van der Waals surface area contributed by atoms with Crippen LogP contribution in [0.3, 0.4) is 0 Å². The van der Waals surface area contributed by atoms with Crippen molar-refractivity contribution in [2.75, 3.05) is 7.11 Å². The van der Waals surface area contributed by atoms with E-state index in [0.29, 0.717) is 16.6 Å². The Balaban J connectivity index is 1.74. The van der Waals surface area contributed by atoms with Crippen molar-refractivity contribution in [3.05, 3.63) is 72.3 Å². The number of nitrogens with two attached hydrogens (primary N) is 1. The average molecular weight is 443 g/mol. The zero-order chi connectivity index (χ0) is 23.5. The summed E-state index contributed by atoms with van der Waals surface area (Å²) in [6.45, 7) is 1.36. The minimum absolute atomic E-state index is 0.254. The number of urea groups is 1. The summed E-state index contributed by atoms with van der Waals surface area (Å²) in [4.78, 5) is 40.5. The fourth-order valence-electron chi connectivity index (χ4n) is 3.50. The second kappa shape index (κ2) is 8.96. The van der Waals surface area contributed by atoms with Crippen LogP contribution >= 0.6 is 0 Å². The number of methoxy groups -OCH3 is 1. The van der Waals surface area contributed by atoms with Gasteiger partial charge in [-0.1, -0.05) is 36.4 Å². The molecule has 0 aliphatic carbocycles. The van der Waals surface area contributed by atoms with Crippen LogP contribution in [-0.2, 0) is 9.53 Å². The standard InChI is InChI=1S/C25H21N3O5/c1-14(23(29)28-25(26)31)33-24(30)20-13-22(27-21-6-4-3-5-19(20)21)17-8-7-16-12-18(32-2)10-9-15(16)11-17/h3-14H,1-2H3,(H3,26,28,29,31)/t14-/m1/s1. The van der Waals surface area contributed by atoms with Gasteiger partial charge >= 0.3 is 12.0 Å². The van der Waals surface area contributed by atoms with Gasteiger partial charge in [-0.25, -0.2) is 14.6 Å². The molecule has 3 aromatic carbocycles. The Kier molecular flexibility index (Phi) is 5.91. The number of hydrogen-bond donors (Lipinski definition) is 2. The van der Waals surface area contributed by atoms with E-state index in [1.54, 1.807) is 31.4 Å². The molecule has 0 radical (unpaired) electrons. The number of hydrogen-bond acceptors (Lipinski definition) is 6. The van der Waals surface area contributed by atoms with Gasteiger partial charge in [0.15, 0.2) is 6.10 Å². The highest BCUT2D eigenvalue weighted by Gasteiger charge is 2.22. The van der Waals surface area contributed by atoms with Crippen molar-refractivity contribution >= 4 is 39.6 Å². The molecule has 4 rings (SSSR count). The van der Waals surface area contributed by atoms with Gasteiger partial charge < -0.3 is 15.2 Å². The number of fused-ring (bicyclic) bond motifs is 2. The van der Waals surface area contributed by atoms with Crippen LogP contribution in [-0.4, -0.2) is 36.1 Å². The normalized spacial score (nSPS) is 11.7. The summed E-state index contributed by atoms with van der Waals surface area (Å²) in [7, 11) is 1.62. The van der Waals surface area contributed by atoms with Gasteiger partial charge in [0.1, 0.15) is 5.75 Å². The lowest BCUT2D eigenvalue weighted by Crippen LogP contribution is -2.42. The Morgan fingerprint density at radius 2 is 1.70 bits per heavy atom. The molecule has 0 spiro atoms. The summed E-state index contributed by atoms with van der Waals surface area (Å²) in [5.41, 5.74) is 7.21. The molecule has 1 atom stereocenters. The second-order valence-corrected chi connectivity index (χ2v) is 7.40. The predicted molar refractivity (Wildman–Crippen MR) is 124 cm³/mol. The first-order chi connectivity index (χ1) is 15.9. The molecule has 4 aromatic rings. The van der Waals surface area contributed by atoms with Gasteiger partial charge in [-0.3, -0.25) is 10.1 Å². The van der Waals surface area contributed by atoms with Gasteiger partial charge in [-0.05, 0) is 48.0 Å². The maximum atomic E-state index is 13.0. The number of nitrogens with one attached hydrogen (secondary N) is 1. The topological polar surface area (TPSA) is 121 Å². The van der Waals surface area contributed by atoms with Crippen LogP contribution < -0.4 is 15.8 Å². The van der Waals surface area contributed by atoms with Gasteiger partial charge in [-0.15, -0.1) is 0 Å². The molecule has 33 heavy (non-hydrogen) atoms. The van der Waals surface area contributed by atoms with Crippen molar-refractivity contribution in [2.24, 2.45) is 5.73 Å². The lowest BCUT2D eigenvalue weighted by molar-refractivity contribution is -0.127. The Hall–Kier alpha value is -4.46. The fraction of sp³-hybridized carbons (Fsp3) is 0.120. The molecule has 0 aliphatic rings. The van der Waals surface area contributed by atoms with Crippen molar-refractivity contribution in [3.63, 3.8) is 0 Å². The van der Waals surface area contributed by atoms with E-state index < -0.39 is 24.0 Å². The monoisotopic (exact) mass is 443 g/mol. The van der Waals surface area contributed by atoms with Crippen LogP contribution in [0.5, 0.6) is 5.75 Å². The van der Waals surface area contributed by atoms with E-state index in [4.69, 9.17) is 20.2 Å². The molecule has 0 saturated carbocycles. The molecule has 166 valence electrons. The minimum atomic E-state index is -1.21. The van der Waals surface area contributed by atoms with E-state index in [0.717, 1.165) is 22.1 Å². The number of aromatic nitrogens is 1.